The third-order valence-corrected chi connectivity index (χ3v) is 3.27. The minimum Gasteiger partial charge on any atom is -0.0654 e. The summed E-state index contributed by atoms with van der Waals surface area (Å²) in [4.78, 5) is 0. The predicted molar refractivity (Wildman–Crippen MR) is 75.4 cm³/mol. The molecule has 0 saturated carbocycles. The van der Waals surface area contributed by atoms with E-state index >= 15 is 0 Å². The Hall–Kier alpha value is 0. The van der Waals surface area contributed by atoms with Gasteiger partial charge >= 0.3 is 0 Å². The molecule has 96 valence electrons. The van der Waals surface area contributed by atoms with Gasteiger partial charge in [-0.1, -0.05) is 78.1 Å². The van der Waals surface area contributed by atoms with Crippen molar-refractivity contribution in [2.75, 3.05) is 0 Å². The van der Waals surface area contributed by atoms with Crippen LogP contribution in [0, 0.1) is 12.8 Å². The molecule has 0 fully saturated rings. The van der Waals surface area contributed by atoms with Gasteiger partial charge in [-0.3, -0.25) is 0 Å². The second-order valence-corrected chi connectivity index (χ2v) is 5.08. The first kappa shape index (κ1) is 16.0. The van der Waals surface area contributed by atoms with E-state index in [1.54, 1.807) is 0 Å². The quantitative estimate of drug-likeness (QED) is 0.350. The minimum atomic E-state index is 1.27. The topological polar surface area (TPSA) is 0 Å². The predicted octanol–water partition coefficient (Wildman–Crippen LogP) is 6.12. The van der Waals surface area contributed by atoms with Gasteiger partial charge in [0, 0.05) is 0 Å². The molecule has 0 amide bonds. The number of unbranched alkanes of at least 4 members (excludes halogenated alkanes) is 8. The molecule has 0 aliphatic carbocycles. The molecule has 0 atom stereocenters. The van der Waals surface area contributed by atoms with Crippen molar-refractivity contribution < 1.29 is 0 Å². The van der Waals surface area contributed by atoms with Gasteiger partial charge in [-0.05, 0) is 25.7 Å². The second-order valence-electron chi connectivity index (χ2n) is 5.08. The molecule has 0 nitrogen and oxygen atoms in total. The molecule has 0 heterocycles. The van der Waals surface area contributed by atoms with Gasteiger partial charge in [0.25, 0.3) is 0 Å². The van der Waals surface area contributed by atoms with E-state index in [0.29, 0.717) is 0 Å². The van der Waals surface area contributed by atoms with Crippen molar-refractivity contribution in [1.29, 1.82) is 0 Å². The third-order valence-electron chi connectivity index (χ3n) is 3.27. The highest BCUT2D eigenvalue weighted by molar-refractivity contribution is 4.91. The lowest BCUT2D eigenvalue weighted by atomic mass is 9.96. The summed E-state index contributed by atoms with van der Waals surface area (Å²) in [5.41, 5.74) is 0. The van der Waals surface area contributed by atoms with Crippen molar-refractivity contribution in [1.82, 2.24) is 0 Å². The Bertz CT molecular complexity index is 117. The lowest BCUT2D eigenvalue weighted by molar-refractivity contribution is 0.575. The first-order chi connectivity index (χ1) is 7.81. The van der Waals surface area contributed by atoms with E-state index in [1.165, 1.54) is 83.0 Å². The molecule has 0 aromatic carbocycles. The monoisotopic (exact) mass is 224 g/mol. The van der Waals surface area contributed by atoms with Gasteiger partial charge in [0.05, 0.1) is 0 Å². The van der Waals surface area contributed by atoms with Crippen LogP contribution in [0.1, 0.15) is 90.9 Å². The van der Waals surface area contributed by atoms with Crippen LogP contribution in [-0.2, 0) is 0 Å². The molecule has 0 rings (SSSR count). The zero-order valence-electron chi connectivity index (χ0n) is 11.7. The van der Waals surface area contributed by atoms with Crippen molar-refractivity contribution >= 4 is 0 Å². The van der Waals surface area contributed by atoms with E-state index < -0.39 is 0 Å². The fourth-order valence-electron chi connectivity index (χ4n) is 2.08. The number of rotatable bonds is 12. The van der Waals surface area contributed by atoms with Crippen LogP contribution in [0.15, 0.2) is 0 Å². The highest BCUT2D eigenvalue weighted by Crippen LogP contribution is 2.19. The maximum atomic E-state index is 4.19. The molecule has 0 aromatic heterocycles. The SMILES string of the molecule is [CH2][C](CCCCCC)CCCCCCCC. The van der Waals surface area contributed by atoms with Crippen molar-refractivity contribution in [2.24, 2.45) is 0 Å². The average Bonchev–Trinajstić information content (AvgIpc) is 2.29. The molecular weight excluding hydrogens is 192 g/mol. The molecule has 2 radical (unpaired) electrons. The van der Waals surface area contributed by atoms with Crippen molar-refractivity contribution in [2.45, 2.75) is 90.9 Å². The maximum Gasteiger partial charge on any atom is -0.0241 e. The van der Waals surface area contributed by atoms with Crippen LogP contribution in [-0.4, -0.2) is 0 Å². The van der Waals surface area contributed by atoms with Crippen LogP contribution < -0.4 is 0 Å². The maximum absolute atomic E-state index is 4.19. The van der Waals surface area contributed by atoms with Gasteiger partial charge in [-0.25, -0.2) is 0 Å². The standard InChI is InChI=1S/C16H32/c1-4-6-8-10-11-13-15-16(3)14-12-9-7-5-2/h3-15H2,1-2H3. The Morgan fingerprint density at radius 2 is 1.00 bits per heavy atom. The Morgan fingerprint density at radius 3 is 1.50 bits per heavy atom. The summed E-state index contributed by atoms with van der Waals surface area (Å²) in [6.45, 7) is 8.73. The zero-order valence-corrected chi connectivity index (χ0v) is 11.7. The summed E-state index contributed by atoms with van der Waals surface area (Å²) in [5.74, 6) is 1.49. The molecule has 0 aliphatic rings. The number of hydrogen-bond donors (Lipinski definition) is 0. The normalized spacial score (nSPS) is 11.2. The second kappa shape index (κ2) is 13.1. The zero-order chi connectivity index (χ0) is 12.1. The third kappa shape index (κ3) is 12.1. The van der Waals surface area contributed by atoms with Crippen LogP contribution in [0.25, 0.3) is 0 Å². The molecular formula is C16H32. The molecule has 16 heavy (non-hydrogen) atoms. The van der Waals surface area contributed by atoms with Crippen LogP contribution >= 0.6 is 0 Å². The van der Waals surface area contributed by atoms with E-state index in [4.69, 9.17) is 0 Å². The van der Waals surface area contributed by atoms with Gasteiger partial charge in [0.1, 0.15) is 0 Å². The largest absolute Gasteiger partial charge is 0.0654 e. The molecule has 0 bridgehead atoms. The summed E-state index contributed by atoms with van der Waals surface area (Å²) in [7, 11) is 0. The van der Waals surface area contributed by atoms with Gasteiger partial charge in [0.15, 0.2) is 0 Å². The van der Waals surface area contributed by atoms with Crippen molar-refractivity contribution in [3.05, 3.63) is 12.8 Å². The van der Waals surface area contributed by atoms with Crippen molar-refractivity contribution in [3.63, 3.8) is 0 Å². The lowest BCUT2D eigenvalue weighted by Crippen LogP contribution is -1.93. The van der Waals surface area contributed by atoms with Crippen molar-refractivity contribution in [3.8, 4) is 0 Å². The molecule has 0 N–H and O–H groups in total. The highest BCUT2D eigenvalue weighted by Gasteiger charge is 2.02. The van der Waals surface area contributed by atoms with Gasteiger partial charge in [-0.2, -0.15) is 0 Å². The smallest absolute Gasteiger partial charge is 0.0241 e. The minimum absolute atomic E-state index is 1.27. The molecule has 0 heteroatoms. The molecule has 0 unspecified atom stereocenters. The first-order valence-electron chi connectivity index (χ1n) is 7.47. The summed E-state index contributed by atoms with van der Waals surface area (Å²) in [5, 5.41) is 0. The number of hydrogen-bond acceptors (Lipinski definition) is 0. The van der Waals surface area contributed by atoms with Crippen LogP contribution in [0.5, 0.6) is 0 Å². The summed E-state index contributed by atoms with van der Waals surface area (Å²) in [6.07, 6.45) is 16.4. The Kier molecular flexibility index (Phi) is 13.1. The van der Waals surface area contributed by atoms with Gasteiger partial charge in [0.2, 0.25) is 0 Å². The van der Waals surface area contributed by atoms with E-state index in [2.05, 4.69) is 20.8 Å². The fraction of sp³-hybridized carbons (Fsp3) is 0.875. The fourth-order valence-corrected chi connectivity index (χ4v) is 2.08. The van der Waals surface area contributed by atoms with E-state index in [9.17, 15) is 0 Å². The van der Waals surface area contributed by atoms with E-state index in [0.717, 1.165) is 0 Å². The lowest BCUT2D eigenvalue weighted by Gasteiger charge is -2.10. The molecule has 0 spiro atoms. The summed E-state index contributed by atoms with van der Waals surface area (Å²) in [6, 6.07) is 0. The Balaban J connectivity index is 3.08. The van der Waals surface area contributed by atoms with Gasteiger partial charge in [-0.15, -0.1) is 0 Å². The average molecular weight is 224 g/mol. The highest BCUT2D eigenvalue weighted by atomic mass is 14.1. The summed E-state index contributed by atoms with van der Waals surface area (Å²) < 4.78 is 0. The van der Waals surface area contributed by atoms with E-state index in [1.807, 2.05) is 0 Å². The summed E-state index contributed by atoms with van der Waals surface area (Å²) >= 11 is 0. The first-order valence-corrected chi connectivity index (χ1v) is 7.47. The van der Waals surface area contributed by atoms with Crippen LogP contribution in [0.2, 0.25) is 0 Å². The molecule has 0 saturated heterocycles. The van der Waals surface area contributed by atoms with E-state index in [-0.39, 0.29) is 0 Å². The van der Waals surface area contributed by atoms with Crippen LogP contribution in [0.4, 0.5) is 0 Å². The molecule has 0 aliphatic heterocycles. The van der Waals surface area contributed by atoms with Gasteiger partial charge < -0.3 is 0 Å². The Morgan fingerprint density at radius 1 is 0.625 bits per heavy atom. The Labute approximate surface area is 104 Å². The molecule has 0 aromatic rings. The van der Waals surface area contributed by atoms with Crippen LogP contribution in [0.3, 0.4) is 0 Å².